The van der Waals surface area contributed by atoms with Crippen LogP contribution in [0.5, 0.6) is 0 Å². The normalized spacial score (nSPS) is 12.6. The molecule has 6 nitrogen and oxygen atoms in total. The van der Waals surface area contributed by atoms with Crippen LogP contribution in [0.1, 0.15) is 42.4 Å². The van der Waals surface area contributed by atoms with E-state index >= 15 is 0 Å². The molecular weight excluding hydrogens is 540 g/mol. The number of carbonyl (C=O) groups is 1. The van der Waals surface area contributed by atoms with Crippen LogP contribution >= 0.6 is 23.2 Å². The van der Waals surface area contributed by atoms with E-state index in [4.69, 9.17) is 33.7 Å². The predicted molar refractivity (Wildman–Crippen MR) is 143 cm³/mol. The van der Waals surface area contributed by atoms with E-state index in [0.29, 0.717) is 27.5 Å². The monoisotopic (exact) mass is 566 g/mol. The summed E-state index contributed by atoms with van der Waals surface area (Å²) in [6.07, 6.45) is -6.64. The minimum atomic E-state index is -4.56. The number of rotatable bonds is 6. The molecule has 3 aromatic rings. The van der Waals surface area contributed by atoms with Gasteiger partial charge in [0.25, 0.3) is 5.91 Å². The molecule has 0 aliphatic heterocycles. The Morgan fingerprint density at radius 1 is 1.16 bits per heavy atom. The molecule has 0 radical (unpaired) electrons. The summed E-state index contributed by atoms with van der Waals surface area (Å²) >= 11 is 12.7. The highest BCUT2D eigenvalue weighted by atomic mass is 35.5. The molecule has 0 aliphatic carbocycles. The number of nitrogens with zero attached hydrogens (tertiary/aromatic N) is 2. The Kier molecular flexibility index (Phi) is 9.16. The molecular formula is C27H27Cl2F3N4O2. The van der Waals surface area contributed by atoms with Crippen molar-refractivity contribution >= 4 is 29.1 Å². The first-order chi connectivity index (χ1) is 17.7. The van der Waals surface area contributed by atoms with E-state index < -0.39 is 31.0 Å². The quantitative estimate of drug-likeness (QED) is 0.362. The number of carbonyl (C=O) groups excluding carboxylic acids is 1. The summed E-state index contributed by atoms with van der Waals surface area (Å²) in [5, 5.41) is 8.35. The predicted octanol–water partition coefficient (Wildman–Crippen LogP) is 5.94. The van der Waals surface area contributed by atoms with Gasteiger partial charge in [-0.15, -0.1) is 0 Å². The zero-order valence-corrected chi connectivity index (χ0v) is 22.7. The molecule has 0 saturated heterocycles. The topological polar surface area (TPSA) is 82.2 Å². The number of ether oxygens (including phenoxy) is 1. The third-order valence-electron chi connectivity index (χ3n) is 5.29. The standard InChI is InChI=1S/C27H27Cl2F3N4O2/c1-16-23(25(37)34-26(2,3)4)35-36(24(16)18-8-10-19(28)11-9-18)21-12-7-17(14-20(21)29)6-5-13-38-22(15-33)27(30,31)32/h7-12,14,22H,13,15,33H2,1-4H3,(H,34,37). The van der Waals surface area contributed by atoms with E-state index in [9.17, 15) is 18.0 Å². The van der Waals surface area contributed by atoms with E-state index in [1.54, 1.807) is 41.9 Å². The first-order valence-corrected chi connectivity index (χ1v) is 12.3. The number of halogens is 5. The maximum absolute atomic E-state index is 13.0. The van der Waals surface area contributed by atoms with Crippen molar-refractivity contribution in [2.45, 2.75) is 45.5 Å². The molecule has 1 heterocycles. The molecule has 1 amide bonds. The molecule has 0 bridgehead atoms. The lowest BCUT2D eigenvalue weighted by atomic mass is 10.0. The maximum atomic E-state index is 13.0. The van der Waals surface area contributed by atoms with Crippen LogP contribution in [0, 0.1) is 18.8 Å². The number of alkyl halides is 3. The first kappa shape index (κ1) is 29.5. The summed E-state index contributed by atoms with van der Waals surface area (Å²) in [4.78, 5) is 13.0. The van der Waals surface area contributed by atoms with Gasteiger partial charge in [0, 0.05) is 33.8 Å². The van der Waals surface area contributed by atoms with Gasteiger partial charge in [0.1, 0.15) is 6.61 Å². The summed E-state index contributed by atoms with van der Waals surface area (Å²) in [6.45, 7) is 6.27. The number of aromatic nitrogens is 2. The highest BCUT2D eigenvalue weighted by molar-refractivity contribution is 6.32. The molecule has 3 rings (SSSR count). The Bertz CT molecular complexity index is 1370. The van der Waals surface area contributed by atoms with Crippen LogP contribution in [0.2, 0.25) is 10.0 Å². The molecule has 3 N–H and O–H groups in total. The van der Waals surface area contributed by atoms with Crippen molar-refractivity contribution in [1.29, 1.82) is 0 Å². The van der Waals surface area contributed by atoms with Crippen molar-refractivity contribution in [3.05, 3.63) is 69.3 Å². The fourth-order valence-corrected chi connectivity index (χ4v) is 3.95. The lowest BCUT2D eigenvalue weighted by molar-refractivity contribution is -0.212. The van der Waals surface area contributed by atoms with Crippen molar-refractivity contribution < 1.29 is 22.7 Å². The smallest absolute Gasteiger partial charge is 0.355 e. The Morgan fingerprint density at radius 2 is 1.82 bits per heavy atom. The van der Waals surface area contributed by atoms with Gasteiger partial charge >= 0.3 is 6.18 Å². The summed E-state index contributed by atoms with van der Waals surface area (Å²) in [5.41, 5.74) is 7.88. The first-order valence-electron chi connectivity index (χ1n) is 11.6. The van der Waals surface area contributed by atoms with Gasteiger partial charge in [0.15, 0.2) is 11.8 Å². The second kappa shape index (κ2) is 11.8. The molecule has 1 aromatic heterocycles. The second-order valence-corrected chi connectivity index (χ2v) is 10.3. The van der Waals surface area contributed by atoms with E-state index in [1.165, 1.54) is 0 Å². The van der Waals surface area contributed by atoms with Crippen molar-refractivity contribution in [3.63, 3.8) is 0 Å². The van der Waals surface area contributed by atoms with Crippen LogP contribution in [0.25, 0.3) is 16.9 Å². The summed E-state index contributed by atoms with van der Waals surface area (Å²) in [7, 11) is 0. The average molecular weight is 567 g/mol. The Labute approximate surface area is 229 Å². The molecule has 1 unspecified atom stereocenters. The van der Waals surface area contributed by atoms with Gasteiger partial charge in [-0.2, -0.15) is 18.3 Å². The fraction of sp³-hybridized carbons (Fsp3) is 0.333. The number of amides is 1. The Hall–Kier alpha value is -3.03. The fourth-order valence-electron chi connectivity index (χ4n) is 3.57. The van der Waals surface area contributed by atoms with Gasteiger partial charge in [0.05, 0.1) is 16.4 Å². The van der Waals surface area contributed by atoms with Crippen molar-refractivity contribution in [3.8, 4) is 28.8 Å². The third-order valence-corrected chi connectivity index (χ3v) is 5.84. The molecule has 0 spiro atoms. The highest BCUT2D eigenvalue weighted by Gasteiger charge is 2.39. The molecule has 38 heavy (non-hydrogen) atoms. The lowest BCUT2D eigenvalue weighted by Gasteiger charge is -2.19. The molecule has 202 valence electrons. The SMILES string of the molecule is Cc1c(C(=O)NC(C)(C)C)nn(-c2ccc(C#CCOC(CN)C(F)(F)F)cc2Cl)c1-c1ccc(Cl)cc1. The largest absolute Gasteiger partial charge is 0.415 e. The van der Waals surface area contributed by atoms with E-state index in [2.05, 4.69) is 22.3 Å². The van der Waals surface area contributed by atoms with Crippen LogP contribution in [-0.4, -0.2) is 46.7 Å². The average Bonchev–Trinajstić information content (AvgIpc) is 3.14. The van der Waals surface area contributed by atoms with Gasteiger partial charge in [-0.05, 0) is 58.0 Å². The molecule has 2 aromatic carbocycles. The molecule has 0 saturated carbocycles. The van der Waals surface area contributed by atoms with E-state index in [0.717, 1.165) is 5.56 Å². The van der Waals surface area contributed by atoms with Crippen molar-refractivity contribution in [1.82, 2.24) is 15.1 Å². The van der Waals surface area contributed by atoms with Crippen molar-refractivity contribution in [2.75, 3.05) is 13.2 Å². The van der Waals surface area contributed by atoms with Gasteiger partial charge in [-0.25, -0.2) is 4.68 Å². The van der Waals surface area contributed by atoms with Gasteiger partial charge < -0.3 is 15.8 Å². The minimum absolute atomic E-state index is 0.237. The number of hydrogen-bond donors (Lipinski definition) is 2. The van der Waals surface area contributed by atoms with Crippen LogP contribution < -0.4 is 11.1 Å². The number of benzene rings is 2. The maximum Gasteiger partial charge on any atom is 0.415 e. The van der Waals surface area contributed by atoms with Gasteiger partial charge in [0.2, 0.25) is 0 Å². The van der Waals surface area contributed by atoms with Crippen LogP contribution in [0.15, 0.2) is 42.5 Å². The van der Waals surface area contributed by atoms with Crippen LogP contribution in [0.3, 0.4) is 0 Å². The lowest BCUT2D eigenvalue weighted by Crippen LogP contribution is -2.41. The van der Waals surface area contributed by atoms with Gasteiger partial charge in [-0.3, -0.25) is 4.79 Å². The Balaban J connectivity index is 1.98. The summed E-state index contributed by atoms with van der Waals surface area (Å²) in [6, 6.07) is 12.0. The zero-order valence-electron chi connectivity index (χ0n) is 21.2. The van der Waals surface area contributed by atoms with E-state index in [1.807, 2.05) is 32.9 Å². The summed E-state index contributed by atoms with van der Waals surface area (Å²) < 4.78 is 44.6. The number of nitrogens with two attached hydrogens (primary N) is 1. The number of nitrogens with one attached hydrogen (secondary N) is 1. The molecule has 11 heteroatoms. The van der Waals surface area contributed by atoms with Crippen molar-refractivity contribution in [2.24, 2.45) is 5.73 Å². The molecule has 0 aliphatic rings. The zero-order chi connectivity index (χ0) is 28.3. The third kappa shape index (κ3) is 7.29. The second-order valence-electron chi connectivity index (χ2n) is 9.49. The summed E-state index contributed by atoms with van der Waals surface area (Å²) in [5.74, 6) is 4.94. The molecule has 1 atom stereocenters. The van der Waals surface area contributed by atoms with Gasteiger partial charge in [-0.1, -0.05) is 47.2 Å². The Morgan fingerprint density at radius 3 is 2.37 bits per heavy atom. The highest BCUT2D eigenvalue weighted by Crippen LogP contribution is 2.32. The van der Waals surface area contributed by atoms with Crippen LogP contribution in [0.4, 0.5) is 13.2 Å². The minimum Gasteiger partial charge on any atom is -0.355 e. The number of hydrogen-bond acceptors (Lipinski definition) is 4. The molecule has 0 fully saturated rings. The van der Waals surface area contributed by atoms with Crippen LogP contribution in [-0.2, 0) is 4.74 Å². The van der Waals surface area contributed by atoms with E-state index in [-0.39, 0.29) is 16.6 Å².